The van der Waals surface area contributed by atoms with E-state index in [2.05, 4.69) is 19.2 Å². The summed E-state index contributed by atoms with van der Waals surface area (Å²) in [5.41, 5.74) is 0.510. The lowest BCUT2D eigenvalue weighted by atomic mass is 9.98. The van der Waals surface area contributed by atoms with Gasteiger partial charge in [-0.15, -0.1) is 0 Å². The van der Waals surface area contributed by atoms with E-state index in [1.165, 1.54) is 0 Å². The van der Waals surface area contributed by atoms with Crippen LogP contribution in [0.5, 0.6) is 0 Å². The molecule has 1 saturated heterocycles. The second kappa shape index (κ2) is 8.56. The second-order valence-electron chi connectivity index (χ2n) is 8.96. The maximum atomic E-state index is 13.2. The molecule has 2 aliphatic rings. The Morgan fingerprint density at radius 3 is 2.62 bits per heavy atom. The summed E-state index contributed by atoms with van der Waals surface area (Å²) in [4.78, 5) is 41.7. The third-order valence-electron chi connectivity index (χ3n) is 6.13. The number of hydrogen-bond acceptors (Lipinski definition) is 3. The first-order valence-corrected chi connectivity index (χ1v) is 10.8. The van der Waals surface area contributed by atoms with Gasteiger partial charge in [0.15, 0.2) is 0 Å². The van der Waals surface area contributed by atoms with Gasteiger partial charge in [0, 0.05) is 25.4 Å². The van der Waals surface area contributed by atoms with Crippen LogP contribution in [0.1, 0.15) is 76.6 Å². The van der Waals surface area contributed by atoms with E-state index in [0.717, 1.165) is 19.3 Å². The molecule has 0 aromatic heterocycles. The maximum absolute atomic E-state index is 13.2. The van der Waals surface area contributed by atoms with Crippen molar-refractivity contribution in [2.45, 2.75) is 77.9 Å². The molecular formula is C23H33N3O3. The minimum absolute atomic E-state index is 0.0284. The Hall–Kier alpha value is -2.37. The third kappa shape index (κ3) is 4.31. The average Bonchev–Trinajstić information content (AvgIpc) is 2.96. The van der Waals surface area contributed by atoms with Crippen LogP contribution >= 0.6 is 0 Å². The van der Waals surface area contributed by atoms with E-state index < -0.39 is 5.66 Å². The lowest BCUT2D eigenvalue weighted by molar-refractivity contribution is -0.122. The van der Waals surface area contributed by atoms with Crippen LogP contribution in [0.3, 0.4) is 0 Å². The Bertz CT molecular complexity index is 791. The molecule has 3 rings (SSSR count). The van der Waals surface area contributed by atoms with Crippen molar-refractivity contribution in [2.24, 2.45) is 5.92 Å². The van der Waals surface area contributed by atoms with Gasteiger partial charge in [-0.25, -0.2) is 0 Å². The van der Waals surface area contributed by atoms with Gasteiger partial charge in [-0.3, -0.25) is 19.3 Å². The van der Waals surface area contributed by atoms with Gasteiger partial charge >= 0.3 is 0 Å². The monoisotopic (exact) mass is 399 g/mol. The largest absolute Gasteiger partial charge is 0.354 e. The first-order chi connectivity index (χ1) is 13.7. The summed E-state index contributed by atoms with van der Waals surface area (Å²) in [6.07, 6.45) is 4.44. The number of nitrogens with one attached hydrogen (secondary N) is 1. The zero-order chi connectivity index (χ0) is 21.2. The molecule has 29 heavy (non-hydrogen) atoms. The van der Waals surface area contributed by atoms with Crippen LogP contribution in [-0.4, -0.2) is 40.9 Å². The van der Waals surface area contributed by atoms with E-state index in [1.54, 1.807) is 15.9 Å². The lowest BCUT2D eigenvalue weighted by Gasteiger charge is -2.48. The van der Waals surface area contributed by atoms with E-state index in [0.29, 0.717) is 36.6 Å². The fourth-order valence-electron chi connectivity index (χ4n) is 4.51. The van der Waals surface area contributed by atoms with E-state index in [-0.39, 0.29) is 30.2 Å². The van der Waals surface area contributed by atoms with Gasteiger partial charge < -0.3 is 10.2 Å². The summed E-state index contributed by atoms with van der Waals surface area (Å²) < 4.78 is 0. The van der Waals surface area contributed by atoms with Crippen LogP contribution < -0.4 is 10.2 Å². The molecule has 6 nitrogen and oxygen atoms in total. The zero-order valence-corrected chi connectivity index (χ0v) is 18.0. The summed E-state index contributed by atoms with van der Waals surface area (Å²) in [5, 5.41) is 3.05. The van der Waals surface area contributed by atoms with Gasteiger partial charge in [0.2, 0.25) is 11.8 Å². The summed E-state index contributed by atoms with van der Waals surface area (Å²) in [6, 6.07) is 7.37. The van der Waals surface area contributed by atoms with Crippen molar-refractivity contribution in [3.05, 3.63) is 29.8 Å². The van der Waals surface area contributed by atoms with Gasteiger partial charge in [0.05, 0.1) is 11.3 Å². The first-order valence-electron chi connectivity index (χ1n) is 10.8. The fourth-order valence-corrected chi connectivity index (χ4v) is 4.51. The molecule has 0 aliphatic carbocycles. The lowest BCUT2D eigenvalue weighted by Crippen LogP contribution is -2.62. The molecule has 2 heterocycles. The Morgan fingerprint density at radius 2 is 1.90 bits per heavy atom. The molecule has 0 radical (unpaired) electrons. The van der Waals surface area contributed by atoms with Gasteiger partial charge in [0.1, 0.15) is 5.66 Å². The molecule has 0 spiro atoms. The van der Waals surface area contributed by atoms with Crippen LogP contribution in [0.2, 0.25) is 0 Å². The molecular weight excluding hydrogens is 366 g/mol. The first kappa shape index (κ1) is 21.3. The number of rotatable bonds is 8. The zero-order valence-electron chi connectivity index (χ0n) is 18.0. The van der Waals surface area contributed by atoms with Crippen molar-refractivity contribution in [2.75, 3.05) is 11.4 Å². The third-order valence-corrected chi connectivity index (χ3v) is 6.13. The van der Waals surface area contributed by atoms with E-state index >= 15 is 0 Å². The highest BCUT2D eigenvalue weighted by atomic mass is 16.2. The summed E-state index contributed by atoms with van der Waals surface area (Å²) >= 11 is 0. The van der Waals surface area contributed by atoms with Crippen LogP contribution in [0.15, 0.2) is 24.3 Å². The van der Waals surface area contributed by atoms with Crippen molar-refractivity contribution in [1.82, 2.24) is 10.2 Å². The van der Waals surface area contributed by atoms with Crippen LogP contribution in [0.4, 0.5) is 5.69 Å². The number of fused-ring (bicyclic) bond motifs is 3. The Labute approximate surface area is 173 Å². The quantitative estimate of drug-likeness (QED) is 0.724. The van der Waals surface area contributed by atoms with E-state index in [9.17, 15) is 14.4 Å². The van der Waals surface area contributed by atoms with Crippen LogP contribution in [0, 0.1) is 5.92 Å². The molecule has 2 atom stereocenters. The molecule has 1 fully saturated rings. The van der Waals surface area contributed by atoms with Crippen LogP contribution in [-0.2, 0) is 9.59 Å². The number of anilines is 1. The van der Waals surface area contributed by atoms with Crippen molar-refractivity contribution >= 4 is 23.4 Å². The smallest absolute Gasteiger partial charge is 0.257 e. The summed E-state index contributed by atoms with van der Waals surface area (Å²) in [5.74, 6) is 0.546. The average molecular weight is 400 g/mol. The molecule has 1 N–H and O–H groups in total. The number of benzene rings is 1. The maximum Gasteiger partial charge on any atom is 0.257 e. The summed E-state index contributed by atoms with van der Waals surface area (Å²) in [7, 11) is 0. The number of amides is 3. The highest BCUT2D eigenvalue weighted by Crippen LogP contribution is 2.43. The van der Waals surface area contributed by atoms with Crippen molar-refractivity contribution < 1.29 is 14.4 Å². The minimum atomic E-state index is -0.703. The molecule has 0 saturated carbocycles. The molecule has 1 aromatic carbocycles. The number of carbonyl (C=O) groups is 3. The van der Waals surface area contributed by atoms with Crippen molar-refractivity contribution in [3.63, 3.8) is 0 Å². The topological polar surface area (TPSA) is 69.7 Å². The van der Waals surface area contributed by atoms with Gasteiger partial charge in [-0.2, -0.15) is 0 Å². The fraction of sp³-hybridized carbons (Fsp3) is 0.609. The standard InChI is InChI=1S/C23H33N3O3/c1-16(2)8-7-9-17(3)24-20(27)13-15-25-22(29)18-10-5-6-11-19(18)26-21(28)12-14-23(25,26)4/h5-6,10-11,16-17H,7-9,12-15H2,1-4H3,(H,24,27)/t17-,23-/m1/s1. The Balaban J connectivity index is 1.65. The van der Waals surface area contributed by atoms with Gasteiger partial charge in [-0.05, 0) is 44.7 Å². The summed E-state index contributed by atoms with van der Waals surface area (Å²) in [6.45, 7) is 8.67. The minimum Gasteiger partial charge on any atom is -0.354 e. The normalized spacial score (nSPS) is 22.0. The molecule has 6 heteroatoms. The van der Waals surface area contributed by atoms with Gasteiger partial charge in [0.25, 0.3) is 5.91 Å². The predicted molar refractivity (Wildman–Crippen MR) is 114 cm³/mol. The number of para-hydroxylation sites is 1. The molecule has 2 aliphatic heterocycles. The highest BCUT2D eigenvalue weighted by Gasteiger charge is 2.52. The van der Waals surface area contributed by atoms with Crippen LogP contribution in [0.25, 0.3) is 0 Å². The predicted octanol–water partition coefficient (Wildman–Crippen LogP) is 3.71. The number of nitrogens with zero attached hydrogens (tertiary/aromatic N) is 2. The van der Waals surface area contributed by atoms with E-state index in [4.69, 9.17) is 0 Å². The molecule has 158 valence electrons. The SMILES string of the molecule is CC(C)CCC[C@@H](C)NC(=O)CCN1C(=O)c2ccccc2N2C(=O)CC[C@]12C. The van der Waals surface area contributed by atoms with E-state index in [1.807, 2.05) is 32.0 Å². The van der Waals surface area contributed by atoms with Crippen molar-refractivity contribution in [3.8, 4) is 0 Å². The molecule has 0 bridgehead atoms. The van der Waals surface area contributed by atoms with Gasteiger partial charge in [-0.1, -0.05) is 38.8 Å². The second-order valence-corrected chi connectivity index (χ2v) is 8.96. The number of carbonyl (C=O) groups excluding carboxylic acids is 3. The Kier molecular flexibility index (Phi) is 6.30. The van der Waals surface area contributed by atoms with Crippen molar-refractivity contribution in [1.29, 1.82) is 0 Å². The highest BCUT2D eigenvalue weighted by molar-refractivity contribution is 6.10. The molecule has 0 unspecified atom stereocenters. The molecule has 3 amide bonds. The Morgan fingerprint density at radius 1 is 1.17 bits per heavy atom. The number of hydrogen-bond donors (Lipinski definition) is 1. The molecule has 1 aromatic rings.